The number of amides is 1. The van der Waals surface area contributed by atoms with Crippen LogP contribution in [0.1, 0.15) is 26.3 Å². The van der Waals surface area contributed by atoms with Crippen LogP contribution in [0.25, 0.3) is 0 Å². The number of carbonyl (C=O) groups excluding carboxylic acids is 2. The number of sulfonamides is 1. The Labute approximate surface area is 201 Å². The van der Waals surface area contributed by atoms with Crippen molar-refractivity contribution in [2.45, 2.75) is 6.54 Å². The molecule has 0 bridgehead atoms. The molecule has 7 nitrogen and oxygen atoms in total. The summed E-state index contributed by atoms with van der Waals surface area (Å²) in [5, 5.41) is 3.34. The predicted molar refractivity (Wildman–Crippen MR) is 130 cm³/mol. The number of methoxy groups -OCH3 is 1. The Morgan fingerprint density at radius 1 is 0.939 bits per heavy atom. The molecule has 172 valence electrons. The summed E-state index contributed by atoms with van der Waals surface area (Å²) < 4.78 is 30.7. The van der Waals surface area contributed by atoms with Crippen LogP contribution in [0.3, 0.4) is 0 Å². The van der Waals surface area contributed by atoms with Gasteiger partial charge in [0, 0.05) is 10.6 Å². The molecule has 1 N–H and O–H groups in total. The molecule has 1 amide bonds. The molecule has 0 aromatic heterocycles. The Hall–Kier alpha value is -3.07. The third-order valence-electron chi connectivity index (χ3n) is 4.73. The van der Waals surface area contributed by atoms with Crippen molar-refractivity contribution in [3.8, 4) is 0 Å². The number of rotatable bonds is 7. The maximum Gasteiger partial charge on any atom is 0.337 e. The van der Waals surface area contributed by atoms with E-state index in [1.807, 2.05) is 0 Å². The molecule has 0 saturated carbocycles. The van der Waals surface area contributed by atoms with Crippen LogP contribution in [0.4, 0.5) is 11.4 Å². The van der Waals surface area contributed by atoms with Gasteiger partial charge in [-0.3, -0.25) is 9.10 Å². The molecule has 10 heteroatoms. The molecule has 3 aromatic rings. The van der Waals surface area contributed by atoms with Crippen LogP contribution >= 0.6 is 23.2 Å². The average Bonchev–Trinajstić information content (AvgIpc) is 2.78. The van der Waals surface area contributed by atoms with Crippen molar-refractivity contribution in [3.05, 3.63) is 93.5 Å². The number of hydrogen-bond donors (Lipinski definition) is 1. The number of ether oxygens (including phenoxy) is 1. The topological polar surface area (TPSA) is 92.8 Å². The van der Waals surface area contributed by atoms with Crippen molar-refractivity contribution in [1.82, 2.24) is 0 Å². The van der Waals surface area contributed by atoms with Crippen molar-refractivity contribution < 1.29 is 22.7 Å². The molecule has 33 heavy (non-hydrogen) atoms. The van der Waals surface area contributed by atoms with E-state index in [0.29, 0.717) is 16.3 Å². The molecule has 0 unspecified atom stereocenters. The first kappa shape index (κ1) is 24.6. The second kappa shape index (κ2) is 10.2. The van der Waals surface area contributed by atoms with E-state index in [1.165, 1.54) is 53.9 Å². The van der Waals surface area contributed by atoms with E-state index in [9.17, 15) is 18.0 Å². The van der Waals surface area contributed by atoms with Gasteiger partial charge in [0.05, 0.1) is 41.9 Å². The van der Waals surface area contributed by atoms with Gasteiger partial charge in [-0.15, -0.1) is 0 Å². The number of halogens is 2. The fourth-order valence-corrected chi connectivity index (χ4v) is 4.26. The zero-order chi connectivity index (χ0) is 24.2. The van der Waals surface area contributed by atoms with E-state index < -0.39 is 21.9 Å². The van der Waals surface area contributed by atoms with Gasteiger partial charge < -0.3 is 10.1 Å². The first-order valence-corrected chi connectivity index (χ1v) is 12.2. The quantitative estimate of drug-likeness (QED) is 0.455. The molecule has 0 heterocycles. The number of esters is 1. The molecule has 0 aliphatic rings. The number of anilines is 2. The summed E-state index contributed by atoms with van der Waals surface area (Å²) in [5.74, 6) is -1.05. The minimum Gasteiger partial charge on any atom is -0.465 e. The van der Waals surface area contributed by atoms with Crippen molar-refractivity contribution >= 4 is 56.5 Å². The Bertz CT molecular complexity index is 1290. The molecular formula is C23H20Cl2N2O5S. The van der Waals surface area contributed by atoms with Crippen molar-refractivity contribution in [2.75, 3.05) is 23.0 Å². The van der Waals surface area contributed by atoms with E-state index >= 15 is 0 Å². The minimum absolute atomic E-state index is 0.0416. The summed E-state index contributed by atoms with van der Waals surface area (Å²) in [6, 6.07) is 17.4. The fraction of sp³-hybridized carbons (Fsp3) is 0.130. The highest BCUT2D eigenvalue weighted by molar-refractivity contribution is 7.92. The summed E-state index contributed by atoms with van der Waals surface area (Å²) in [6.45, 7) is 0.0416. The normalized spacial score (nSPS) is 11.0. The van der Waals surface area contributed by atoms with Gasteiger partial charge in [0.15, 0.2) is 0 Å². The Kier molecular flexibility index (Phi) is 7.63. The van der Waals surface area contributed by atoms with E-state index in [2.05, 4.69) is 10.1 Å². The smallest absolute Gasteiger partial charge is 0.337 e. The van der Waals surface area contributed by atoms with Crippen molar-refractivity contribution in [1.29, 1.82) is 0 Å². The molecule has 0 aliphatic carbocycles. The fourth-order valence-electron chi connectivity index (χ4n) is 3.02. The lowest BCUT2D eigenvalue weighted by Crippen LogP contribution is -2.29. The van der Waals surface area contributed by atoms with Gasteiger partial charge in [0.1, 0.15) is 0 Å². The monoisotopic (exact) mass is 506 g/mol. The highest BCUT2D eigenvalue weighted by Gasteiger charge is 2.20. The average molecular weight is 507 g/mol. The van der Waals surface area contributed by atoms with Gasteiger partial charge in [-0.25, -0.2) is 13.2 Å². The van der Waals surface area contributed by atoms with Crippen molar-refractivity contribution in [3.63, 3.8) is 0 Å². The number of hydrogen-bond acceptors (Lipinski definition) is 5. The Balaban J connectivity index is 1.83. The summed E-state index contributed by atoms with van der Waals surface area (Å²) in [7, 11) is -2.37. The predicted octanol–water partition coefficient (Wildman–Crippen LogP) is 5.00. The molecular weight excluding hydrogens is 487 g/mol. The van der Waals surface area contributed by atoms with Crippen LogP contribution in [0.2, 0.25) is 10.0 Å². The maximum absolute atomic E-state index is 12.7. The van der Waals surface area contributed by atoms with Gasteiger partial charge in [0.2, 0.25) is 10.0 Å². The molecule has 0 aliphatic heterocycles. The zero-order valence-electron chi connectivity index (χ0n) is 17.7. The maximum atomic E-state index is 12.7. The van der Waals surface area contributed by atoms with E-state index in [0.717, 1.165) is 6.26 Å². The summed E-state index contributed by atoms with van der Waals surface area (Å²) in [4.78, 5) is 24.4. The Morgan fingerprint density at radius 2 is 1.58 bits per heavy atom. The highest BCUT2D eigenvalue weighted by atomic mass is 35.5. The van der Waals surface area contributed by atoms with E-state index in [4.69, 9.17) is 23.2 Å². The van der Waals surface area contributed by atoms with Crippen LogP contribution in [-0.2, 0) is 21.3 Å². The van der Waals surface area contributed by atoms with Crippen molar-refractivity contribution in [2.24, 2.45) is 0 Å². The van der Waals surface area contributed by atoms with E-state index in [1.54, 1.807) is 24.3 Å². The first-order valence-electron chi connectivity index (χ1n) is 9.60. The third-order valence-corrected chi connectivity index (χ3v) is 6.56. The standard InChI is InChI=1S/C23H20Cl2N2O5S/c1-32-23(29)16-9-12-20(25)21(13-16)26-22(28)15-7-10-18(11-8-15)27(33(2,30)31)14-17-5-3-4-6-19(17)24/h3-13H,14H2,1-2H3,(H,26,28). The third kappa shape index (κ3) is 6.04. The van der Waals surface area contributed by atoms with Crippen LogP contribution in [0.15, 0.2) is 66.7 Å². The lowest BCUT2D eigenvalue weighted by Gasteiger charge is -2.23. The molecule has 0 atom stereocenters. The zero-order valence-corrected chi connectivity index (χ0v) is 20.0. The van der Waals surface area contributed by atoms with Crippen LogP contribution in [0, 0.1) is 0 Å². The second-order valence-electron chi connectivity index (χ2n) is 7.05. The van der Waals surface area contributed by atoms with Gasteiger partial charge in [-0.05, 0) is 54.1 Å². The van der Waals surface area contributed by atoms with Crippen LogP contribution < -0.4 is 9.62 Å². The highest BCUT2D eigenvalue weighted by Crippen LogP contribution is 2.26. The van der Waals surface area contributed by atoms with Gasteiger partial charge in [-0.1, -0.05) is 41.4 Å². The number of nitrogens with zero attached hydrogens (tertiary/aromatic N) is 1. The molecule has 0 saturated heterocycles. The molecule has 0 fully saturated rings. The van der Waals surface area contributed by atoms with E-state index in [-0.39, 0.29) is 28.4 Å². The SMILES string of the molecule is COC(=O)c1ccc(Cl)c(NC(=O)c2ccc(N(Cc3ccccc3Cl)S(C)(=O)=O)cc2)c1. The number of nitrogens with one attached hydrogen (secondary N) is 1. The first-order chi connectivity index (χ1) is 15.6. The summed E-state index contributed by atoms with van der Waals surface area (Å²) in [6.07, 6.45) is 1.10. The lowest BCUT2D eigenvalue weighted by molar-refractivity contribution is 0.0600. The molecule has 0 radical (unpaired) electrons. The second-order valence-corrected chi connectivity index (χ2v) is 9.77. The summed E-state index contributed by atoms with van der Waals surface area (Å²) in [5.41, 5.74) is 1.76. The van der Waals surface area contributed by atoms with Gasteiger partial charge in [0.25, 0.3) is 5.91 Å². The molecule has 0 spiro atoms. The van der Waals surface area contributed by atoms with Crippen LogP contribution in [-0.4, -0.2) is 33.7 Å². The molecule has 3 rings (SSSR count). The number of benzene rings is 3. The summed E-state index contributed by atoms with van der Waals surface area (Å²) >= 11 is 12.3. The van der Waals surface area contributed by atoms with Gasteiger partial charge >= 0.3 is 5.97 Å². The van der Waals surface area contributed by atoms with Gasteiger partial charge in [-0.2, -0.15) is 0 Å². The Morgan fingerprint density at radius 3 is 2.18 bits per heavy atom. The molecule has 3 aromatic carbocycles. The minimum atomic E-state index is -3.62. The lowest BCUT2D eigenvalue weighted by atomic mass is 10.1. The van der Waals surface area contributed by atoms with Crippen LogP contribution in [0.5, 0.6) is 0 Å². The largest absolute Gasteiger partial charge is 0.465 e. The number of carbonyl (C=O) groups is 2.